The van der Waals surface area contributed by atoms with E-state index in [0.29, 0.717) is 5.56 Å². The van der Waals surface area contributed by atoms with Crippen LogP contribution in [0.1, 0.15) is 16.7 Å². The number of hydrogen-bond donors (Lipinski definition) is 1. The Morgan fingerprint density at radius 2 is 1.78 bits per heavy atom. The lowest BCUT2D eigenvalue weighted by Crippen LogP contribution is -2.39. The summed E-state index contributed by atoms with van der Waals surface area (Å²) in [6.45, 7) is 1.47. The van der Waals surface area contributed by atoms with Gasteiger partial charge in [0.2, 0.25) is 10.0 Å². The van der Waals surface area contributed by atoms with E-state index in [4.69, 9.17) is 23.2 Å². The molecule has 3 aromatic rings. The molecule has 0 saturated carbocycles. The highest BCUT2D eigenvalue weighted by molar-refractivity contribution is 7.89. The molecule has 9 heteroatoms. The summed E-state index contributed by atoms with van der Waals surface area (Å²) in [6, 6.07) is 20.7. The highest BCUT2D eigenvalue weighted by Gasteiger charge is 2.29. The number of rotatable bonds is 8. The first kappa shape index (κ1) is 23.9. The van der Waals surface area contributed by atoms with Gasteiger partial charge in [0.15, 0.2) is 0 Å². The van der Waals surface area contributed by atoms with Crippen LogP contribution in [-0.2, 0) is 21.4 Å². The monoisotopic (exact) mass is 489 g/mol. The Balaban J connectivity index is 1.82. The quantitative estimate of drug-likeness (QED) is 0.369. The summed E-state index contributed by atoms with van der Waals surface area (Å²) in [4.78, 5) is 12.4. The fourth-order valence-electron chi connectivity index (χ4n) is 2.95. The first-order valence-electron chi connectivity index (χ1n) is 9.63. The van der Waals surface area contributed by atoms with Gasteiger partial charge in [0, 0.05) is 11.6 Å². The van der Waals surface area contributed by atoms with E-state index in [1.807, 2.05) is 37.3 Å². The first-order valence-corrected chi connectivity index (χ1v) is 11.8. The molecule has 3 aromatic carbocycles. The van der Waals surface area contributed by atoms with Gasteiger partial charge in [-0.3, -0.25) is 4.79 Å². The van der Waals surface area contributed by atoms with Crippen molar-refractivity contribution in [1.82, 2.24) is 9.73 Å². The molecular weight excluding hydrogens is 469 g/mol. The minimum absolute atomic E-state index is 0.0188. The minimum atomic E-state index is -4.13. The third kappa shape index (κ3) is 6.40. The number of carbonyl (C=O) groups is 1. The number of aryl methyl sites for hydroxylation is 1. The van der Waals surface area contributed by atoms with E-state index in [0.717, 1.165) is 15.4 Å². The smallest absolute Gasteiger partial charge is 0.255 e. The SMILES string of the molecule is Cc1cccc(/C=N\NC(=O)CN(Cc2ccccc2)S(=O)(=O)c2cc(Cl)ccc2Cl)c1. The van der Waals surface area contributed by atoms with Gasteiger partial charge in [0.25, 0.3) is 5.91 Å². The molecular formula is C23H21Cl2N3O3S. The second-order valence-electron chi connectivity index (χ2n) is 7.04. The molecule has 0 heterocycles. The highest BCUT2D eigenvalue weighted by atomic mass is 35.5. The maximum absolute atomic E-state index is 13.3. The summed E-state index contributed by atoms with van der Waals surface area (Å²) in [5.41, 5.74) is 4.96. The fraction of sp³-hybridized carbons (Fsp3) is 0.130. The van der Waals surface area contributed by atoms with E-state index >= 15 is 0 Å². The van der Waals surface area contributed by atoms with Gasteiger partial charge >= 0.3 is 0 Å². The Labute approximate surface area is 197 Å². The van der Waals surface area contributed by atoms with Crippen LogP contribution in [-0.4, -0.2) is 31.4 Å². The Morgan fingerprint density at radius 1 is 1.03 bits per heavy atom. The molecule has 3 rings (SSSR count). The number of hydrazone groups is 1. The molecule has 0 saturated heterocycles. The van der Waals surface area contributed by atoms with Crippen molar-refractivity contribution in [3.05, 3.63) is 99.5 Å². The number of halogens is 2. The predicted molar refractivity (Wildman–Crippen MR) is 127 cm³/mol. The summed E-state index contributed by atoms with van der Waals surface area (Å²) in [5.74, 6) is -0.591. The molecule has 1 amide bonds. The number of hydrogen-bond acceptors (Lipinski definition) is 4. The van der Waals surface area contributed by atoms with Gasteiger partial charge in [-0.15, -0.1) is 0 Å². The molecule has 0 unspecified atom stereocenters. The van der Waals surface area contributed by atoms with Crippen molar-refractivity contribution < 1.29 is 13.2 Å². The third-order valence-corrected chi connectivity index (χ3v) is 6.99. The zero-order valence-corrected chi connectivity index (χ0v) is 19.5. The summed E-state index contributed by atoms with van der Waals surface area (Å²) in [6.07, 6.45) is 1.49. The average Bonchev–Trinajstić information content (AvgIpc) is 2.75. The molecule has 0 spiro atoms. The zero-order valence-electron chi connectivity index (χ0n) is 17.2. The van der Waals surface area contributed by atoms with Crippen molar-refractivity contribution in [1.29, 1.82) is 0 Å². The predicted octanol–water partition coefficient (Wildman–Crippen LogP) is 4.64. The maximum Gasteiger partial charge on any atom is 0.255 e. The van der Waals surface area contributed by atoms with Gasteiger partial charge in [0.1, 0.15) is 4.90 Å². The number of amides is 1. The third-order valence-electron chi connectivity index (χ3n) is 4.48. The molecule has 0 atom stereocenters. The van der Waals surface area contributed by atoms with Gasteiger partial charge in [-0.25, -0.2) is 13.8 Å². The lowest BCUT2D eigenvalue weighted by atomic mass is 10.2. The van der Waals surface area contributed by atoms with Gasteiger partial charge < -0.3 is 0 Å². The molecule has 0 aliphatic rings. The minimum Gasteiger partial charge on any atom is -0.272 e. The van der Waals surface area contributed by atoms with E-state index in [-0.39, 0.29) is 21.5 Å². The van der Waals surface area contributed by atoms with Crippen LogP contribution in [0.25, 0.3) is 0 Å². The standard InChI is InChI=1S/C23H21Cl2N3O3S/c1-17-6-5-9-19(12-17)14-26-27-23(29)16-28(15-18-7-3-2-4-8-18)32(30,31)22-13-20(24)10-11-21(22)25/h2-14H,15-16H2,1H3,(H,27,29)/b26-14-. The van der Waals surface area contributed by atoms with E-state index in [1.165, 1.54) is 24.4 Å². The number of nitrogens with zero attached hydrogens (tertiary/aromatic N) is 2. The van der Waals surface area contributed by atoms with Crippen LogP contribution >= 0.6 is 23.2 Å². The first-order chi connectivity index (χ1) is 15.3. The Kier molecular flexibility index (Phi) is 8.04. The van der Waals surface area contributed by atoms with Crippen LogP contribution in [0.3, 0.4) is 0 Å². The number of carbonyl (C=O) groups excluding carboxylic acids is 1. The van der Waals surface area contributed by atoms with Crippen molar-refractivity contribution >= 4 is 45.3 Å². The van der Waals surface area contributed by atoms with Gasteiger partial charge in [-0.05, 0) is 36.2 Å². The van der Waals surface area contributed by atoms with E-state index in [2.05, 4.69) is 10.5 Å². The lowest BCUT2D eigenvalue weighted by molar-refractivity contribution is -0.121. The Bertz CT molecular complexity index is 1230. The van der Waals surface area contributed by atoms with Crippen molar-refractivity contribution in [3.63, 3.8) is 0 Å². The van der Waals surface area contributed by atoms with Gasteiger partial charge in [-0.1, -0.05) is 83.4 Å². The number of benzene rings is 3. The molecule has 1 N–H and O–H groups in total. The molecule has 0 aliphatic carbocycles. The van der Waals surface area contributed by atoms with E-state index < -0.39 is 22.5 Å². The second kappa shape index (κ2) is 10.7. The average molecular weight is 490 g/mol. The highest BCUT2D eigenvalue weighted by Crippen LogP contribution is 2.28. The second-order valence-corrected chi connectivity index (χ2v) is 9.79. The molecule has 0 aromatic heterocycles. The van der Waals surface area contributed by atoms with Crippen LogP contribution < -0.4 is 5.43 Å². The van der Waals surface area contributed by atoms with Crippen molar-refractivity contribution in [2.24, 2.45) is 5.10 Å². The topological polar surface area (TPSA) is 78.8 Å². The summed E-state index contributed by atoms with van der Waals surface area (Å²) in [5, 5.41) is 4.18. The van der Waals surface area contributed by atoms with Gasteiger partial charge in [0.05, 0.1) is 17.8 Å². The molecule has 32 heavy (non-hydrogen) atoms. The van der Waals surface area contributed by atoms with Crippen molar-refractivity contribution in [3.8, 4) is 0 Å². The van der Waals surface area contributed by atoms with Crippen LogP contribution in [0.2, 0.25) is 10.0 Å². The van der Waals surface area contributed by atoms with Crippen LogP contribution in [0.15, 0.2) is 82.8 Å². The molecule has 6 nitrogen and oxygen atoms in total. The Hall–Kier alpha value is -2.71. The van der Waals surface area contributed by atoms with Crippen LogP contribution in [0.4, 0.5) is 0 Å². The normalized spacial score (nSPS) is 11.8. The van der Waals surface area contributed by atoms with Gasteiger partial charge in [-0.2, -0.15) is 9.41 Å². The van der Waals surface area contributed by atoms with Crippen molar-refractivity contribution in [2.75, 3.05) is 6.54 Å². The number of nitrogens with one attached hydrogen (secondary N) is 1. The molecule has 0 radical (unpaired) electrons. The summed E-state index contributed by atoms with van der Waals surface area (Å²) >= 11 is 12.1. The van der Waals surface area contributed by atoms with E-state index in [1.54, 1.807) is 24.3 Å². The number of sulfonamides is 1. The molecule has 166 valence electrons. The van der Waals surface area contributed by atoms with Crippen LogP contribution in [0, 0.1) is 6.92 Å². The lowest BCUT2D eigenvalue weighted by Gasteiger charge is -2.22. The zero-order chi connectivity index (χ0) is 23.1. The summed E-state index contributed by atoms with van der Waals surface area (Å²) < 4.78 is 27.7. The Morgan fingerprint density at radius 3 is 2.50 bits per heavy atom. The molecule has 0 fully saturated rings. The largest absolute Gasteiger partial charge is 0.272 e. The molecule has 0 bridgehead atoms. The molecule has 0 aliphatic heterocycles. The maximum atomic E-state index is 13.3. The van der Waals surface area contributed by atoms with Crippen molar-refractivity contribution in [2.45, 2.75) is 18.4 Å². The fourth-order valence-corrected chi connectivity index (χ4v) is 5.07. The van der Waals surface area contributed by atoms with E-state index in [9.17, 15) is 13.2 Å². The van der Waals surface area contributed by atoms with Crippen LogP contribution in [0.5, 0.6) is 0 Å². The summed E-state index contributed by atoms with van der Waals surface area (Å²) in [7, 11) is -4.13.